The molecule has 0 saturated heterocycles. The molecule has 0 atom stereocenters. The van der Waals surface area contributed by atoms with Gasteiger partial charge in [0.1, 0.15) is 11.6 Å². The lowest BCUT2D eigenvalue weighted by molar-refractivity contribution is 1.26. The molecular weight excluding hydrogens is 228 g/mol. The topological polar surface area (TPSA) is 92.5 Å². The third-order valence-electron chi connectivity index (χ3n) is 2.63. The molecule has 90 valence electrons. The first-order valence-corrected chi connectivity index (χ1v) is 5.51. The Morgan fingerprint density at radius 2 is 2.11 bits per heavy atom. The summed E-state index contributed by atoms with van der Waals surface area (Å²) in [4.78, 5) is 16.0. The van der Waals surface area contributed by atoms with Gasteiger partial charge in [-0.25, -0.2) is 9.97 Å². The van der Waals surface area contributed by atoms with E-state index >= 15 is 0 Å². The molecule has 4 N–H and O–H groups in total. The van der Waals surface area contributed by atoms with Crippen LogP contribution in [0.5, 0.6) is 0 Å². The van der Waals surface area contributed by atoms with E-state index in [0.29, 0.717) is 17.2 Å². The number of nitrogen functional groups attached to an aromatic ring is 1. The van der Waals surface area contributed by atoms with Gasteiger partial charge in [0.2, 0.25) is 0 Å². The van der Waals surface area contributed by atoms with Gasteiger partial charge < -0.3 is 16.0 Å². The normalized spacial score (nSPS) is 10.7. The van der Waals surface area contributed by atoms with Crippen LogP contribution < -0.4 is 11.1 Å². The number of hydrogen-bond donors (Lipinski definition) is 3. The molecule has 0 aliphatic rings. The zero-order valence-electron chi connectivity index (χ0n) is 9.81. The van der Waals surface area contributed by atoms with Crippen LogP contribution in [0.3, 0.4) is 0 Å². The van der Waals surface area contributed by atoms with Crippen molar-refractivity contribution in [3.63, 3.8) is 0 Å². The standard InChI is InChI=1S/C12H12N6/c1-14-10-3-2-9-12(17-10)18-11(16-9)7-4-8(13)6-15-5-7/h2-6H,13H2,1H3,(H2,14,16,17,18). The van der Waals surface area contributed by atoms with E-state index in [1.807, 2.05) is 25.2 Å². The monoisotopic (exact) mass is 240 g/mol. The third kappa shape index (κ3) is 1.73. The van der Waals surface area contributed by atoms with E-state index in [1.54, 1.807) is 12.4 Å². The van der Waals surface area contributed by atoms with Crippen molar-refractivity contribution in [1.82, 2.24) is 19.9 Å². The molecule has 0 saturated carbocycles. The zero-order chi connectivity index (χ0) is 12.5. The second kappa shape index (κ2) is 3.99. The van der Waals surface area contributed by atoms with E-state index < -0.39 is 0 Å². The molecule has 3 rings (SSSR count). The predicted octanol–water partition coefficient (Wildman–Crippen LogP) is 1.64. The third-order valence-corrected chi connectivity index (χ3v) is 2.63. The van der Waals surface area contributed by atoms with Crippen LogP contribution >= 0.6 is 0 Å². The van der Waals surface area contributed by atoms with Gasteiger partial charge in [-0.05, 0) is 18.2 Å². The molecule has 3 aromatic rings. The summed E-state index contributed by atoms with van der Waals surface area (Å²) in [5.41, 5.74) is 8.71. The Labute approximate surface area is 103 Å². The number of H-pyrrole nitrogens is 1. The maximum Gasteiger partial charge on any atom is 0.180 e. The quantitative estimate of drug-likeness (QED) is 0.633. The summed E-state index contributed by atoms with van der Waals surface area (Å²) in [5, 5.41) is 2.98. The van der Waals surface area contributed by atoms with E-state index in [4.69, 9.17) is 5.73 Å². The van der Waals surface area contributed by atoms with Crippen LogP contribution in [-0.2, 0) is 0 Å². The molecule has 0 unspecified atom stereocenters. The van der Waals surface area contributed by atoms with Crippen molar-refractivity contribution < 1.29 is 0 Å². The lowest BCUT2D eigenvalue weighted by Gasteiger charge is -1.96. The minimum absolute atomic E-state index is 0.608. The Morgan fingerprint density at radius 1 is 1.22 bits per heavy atom. The molecule has 6 heteroatoms. The van der Waals surface area contributed by atoms with Crippen LogP contribution in [0, 0.1) is 0 Å². The Bertz CT molecular complexity index is 703. The predicted molar refractivity (Wildman–Crippen MR) is 71.1 cm³/mol. The molecule has 0 radical (unpaired) electrons. The molecule has 0 bridgehead atoms. The lowest BCUT2D eigenvalue weighted by atomic mass is 10.2. The van der Waals surface area contributed by atoms with E-state index in [-0.39, 0.29) is 0 Å². The second-order valence-electron chi connectivity index (χ2n) is 3.91. The summed E-state index contributed by atoms with van der Waals surface area (Å²) in [6.45, 7) is 0. The fourth-order valence-corrected chi connectivity index (χ4v) is 1.76. The van der Waals surface area contributed by atoms with Gasteiger partial charge in [-0.3, -0.25) is 4.98 Å². The number of rotatable bonds is 2. The van der Waals surface area contributed by atoms with Crippen LogP contribution in [0.15, 0.2) is 30.6 Å². The summed E-state index contributed by atoms with van der Waals surface area (Å²) in [6.07, 6.45) is 3.32. The van der Waals surface area contributed by atoms with Gasteiger partial charge in [-0.1, -0.05) is 0 Å². The molecule has 3 heterocycles. The maximum absolute atomic E-state index is 5.71. The molecule has 0 amide bonds. The van der Waals surface area contributed by atoms with Gasteiger partial charge in [0.15, 0.2) is 5.65 Å². The molecule has 3 aromatic heterocycles. The number of nitrogens with zero attached hydrogens (tertiary/aromatic N) is 3. The average Bonchev–Trinajstić information content (AvgIpc) is 2.81. The van der Waals surface area contributed by atoms with Crippen LogP contribution in [0.1, 0.15) is 0 Å². The molecule has 0 aliphatic carbocycles. The lowest BCUT2D eigenvalue weighted by Crippen LogP contribution is -1.91. The van der Waals surface area contributed by atoms with Gasteiger partial charge in [0, 0.05) is 25.0 Å². The summed E-state index contributed by atoms with van der Waals surface area (Å²) < 4.78 is 0. The number of aromatic nitrogens is 4. The summed E-state index contributed by atoms with van der Waals surface area (Å²) in [6, 6.07) is 5.65. The number of fused-ring (bicyclic) bond motifs is 1. The number of nitrogens with one attached hydrogen (secondary N) is 2. The Balaban J connectivity index is 2.13. The Kier molecular flexibility index (Phi) is 2.33. The van der Waals surface area contributed by atoms with Gasteiger partial charge in [0.25, 0.3) is 0 Å². The van der Waals surface area contributed by atoms with Gasteiger partial charge >= 0.3 is 0 Å². The van der Waals surface area contributed by atoms with E-state index in [0.717, 1.165) is 16.9 Å². The van der Waals surface area contributed by atoms with E-state index in [9.17, 15) is 0 Å². The first kappa shape index (κ1) is 10.5. The molecule has 0 spiro atoms. The zero-order valence-corrected chi connectivity index (χ0v) is 9.81. The molecule has 0 aliphatic heterocycles. The Hall–Kier alpha value is -2.63. The highest BCUT2D eigenvalue weighted by Gasteiger charge is 2.07. The van der Waals surface area contributed by atoms with Crippen molar-refractivity contribution in [3.8, 4) is 11.4 Å². The van der Waals surface area contributed by atoms with Crippen molar-refractivity contribution in [2.24, 2.45) is 0 Å². The number of nitrogens with two attached hydrogens (primary N) is 1. The molecular formula is C12H12N6. The number of pyridine rings is 2. The van der Waals surface area contributed by atoms with Crippen molar-refractivity contribution in [1.29, 1.82) is 0 Å². The van der Waals surface area contributed by atoms with Crippen LogP contribution in [0.4, 0.5) is 11.5 Å². The van der Waals surface area contributed by atoms with Crippen molar-refractivity contribution in [3.05, 3.63) is 30.6 Å². The van der Waals surface area contributed by atoms with Gasteiger partial charge in [0.05, 0.1) is 11.2 Å². The SMILES string of the molecule is CNc1ccc2[nH]c(-c3cncc(N)c3)nc2n1. The second-order valence-corrected chi connectivity index (χ2v) is 3.91. The number of imidazole rings is 1. The van der Waals surface area contributed by atoms with Gasteiger partial charge in [-0.15, -0.1) is 0 Å². The summed E-state index contributed by atoms with van der Waals surface area (Å²) in [5.74, 6) is 1.50. The molecule has 6 nitrogen and oxygen atoms in total. The first-order chi connectivity index (χ1) is 8.76. The first-order valence-electron chi connectivity index (χ1n) is 5.51. The fraction of sp³-hybridized carbons (Fsp3) is 0.0833. The van der Waals surface area contributed by atoms with Crippen molar-refractivity contribution in [2.75, 3.05) is 18.1 Å². The van der Waals surface area contributed by atoms with E-state index in [1.165, 1.54) is 0 Å². The van der Waals surface area contributed by atoms with Crippen LogP contribution in [0.2, 0.25) is 0 Å². The minimum atomic E-state index is 0.608. The fourth-order valence-electron chi connectivity index (χ4n) is 1.76. The Morgan fingerprint density at radius 3 is 2.89 bits per heavy atom. The highest BCUT2D eigenvalue weighted by Crippen LogP contribution is 2.21. The largest absolute Gasteiger partial charge is 0.397 e. The van der Waals surface area contributed by atoms with Gasteiger partial charge in [-0.2, -0.15) is 0 Å². The number of aromatic amines is 1. The van der Waals surface area contributed by atoms with Crippen molar-refractivity contribution in [2.45, 2.75) is 0 Å². The highest BCUT2D eigenvalue weighted by atomic mass is 15.0. The average molecular weight is 240 g/mol. The highest BCUT2D eigenvalue weighted by molar-refractivity contribution is 5.77. The number of anilines is 2. The molecule has 0 aromatic carbocycles. The smallest absolute Gasteiger partial charge is 0.180 e. The molecule has 18 heavy (non-hydrogen) atoms. The molecule has 0 fully saturated rings. The summed E-state index contributed by atoms with van der Waals surface area (Å²) in [7, 11) is 1.82. The van der Waals surface area contributed by atoms with Crippen molar-refractivity contribution >= 4 is 22.7 Å². The number of hydrogen-bond acceptors (Lipinski definition) is 5. The van der Waals surface area contributed by atoms with Crippen LogP contribution in [-0.4, -0.2) is 27.0 Å². The van der Waals surface area contributed by atoms with E-state index in [2.05, 4.69) is 25.3 Å². The van der Waals surface area contributed by atoms with Crippen LogP contribution in [0.25, 0.3) is 22.6 Å². The minimum Gasteiger partial charge on any atom is -0.397 e. The summed E-state index contributed by atoms with van der Waals surface area (Å²) >= 11 is 0. The maximum atomic E-state index is 5.71.